The van der Waals surface area contributed by atoms with Crippen molar-refractivity contribution >= 4 is 35.9 Å². The molecule has 2 aliphatic heterocycles. The molecule has 0 aliphatic carbocycles. The molecule has 3 atom stereocenters. The van der Waals surface area contributed by atoms with Crippen molar-refractivity contribution < 1.29 is 48.1 Å². The van der Waals surface area contributed by atoms with E-state index >= 15 is 0 Å². The van der Waals surface area contributed by atoms with Crippen LogP contribution >= 0.6 is 0 Å². The number of nitrogens with one attached hydrogen (secondary N) is 2. The number of carboxylic acid groups (broad SMARTS) is 1. The summed E-state index contributed by atoms with van der Waals surface area (Å²) in [5.74, 6) is -3.07. The predicted octanol–water partition coefficient (Wildman–Crippen LogP) is -0.502. The number of hydrogen-bond donors (Lipinski definition) is 3. The van der Waals surface area contributed by atoms with Crippen molar-refractivity contribution in [1.82, 2.24) is 20.7 Å². The molecule has 206 valence electrons. The minimum Gasteiger partial charge on any atom is -0.493 e. The fraction of sp³-hybridized carbons (Fsp3) is 0.500. The Morgan fingerprint density at radius 3 is 2.32 bits per heavy atom. The summed E-state index contributed by atoms with van der Waals surface area (Å²) in [4.78, 5) is 74.8. The van der Waals surface area contributed by atoms with Crippen molar-refractivity contribution in [2.45, 2.75) is 50.2 Å². The molecule has 0 radical (unpaired) electrons. The van der Waals surface area contributed by atoms with E-state index in [9.17, 15) is 28.8 Å². The number of ether oxygens (including phenoxy) is 3. The zero-order valence-corrected chi connectivity index (χ0v) is 21.2. The Labute approximate surface area is 218 Å². The van der Waals surface area contributed by atoms with Crippen LogP contribution in [-0.4, -0.2) is 97.0 Å². The summed E-state index contributed by atoms with van der Waals surface area (Å²) >= 11 is 0. The van der Waals surface area contributed by atoms with E-state index in [0.29, 0.717) is 12.7 Å². The van der Waals surface area contributed by atoms with Crippen LogP contribution in [0.2, 0.25) is 0 Å². The molecular formula is C24H30N4O10. The van der Waals surface area contributed by atoms with E-state index in [4.69, 9.17) is 19.3 Å². The highest BCUT2D eigenvalue weighted by Crippen LogP contribution is 2.38. The second-order valence-corrected chi connectivity index (χ2v) is 8.69. The molecule has 2 heterocycles. The van der Waals surface area contributed by atoms with Crippen LogP contribution in [-0.2, 0) is 24.0 Å². The van der Waals surface area contributed by atoms with E-state index in [1.165, 1.54) is 38.5 Å². The lowest BCUT2D eigenvalue weighted by molar-refractivity contribution is -0.176. The topological polar surface area (TPSA) is 181 Å². The molecule has 3 rings (SSSR count). The number of amides is 4. The van der Waals surface area contributed by atoms with Gasteiger partial charge in [0, 0.05) is 18.5 Å². The Balaban J connectivity index is 1.86. The van der Waals surface area contributed by atoms with Gasteiger partial charge in [0.25, 0.3) is 11.8 Å². The maximum absolute atomic E-state index is 13.6. The average Bonchev–Trinajstić information content (AvgIpc) is 3.03. The van der Waals surface area contributed by atoms with Gasteiger partial charge in [0.05, 0.1) is 33.8 Å². The first-order chi connectivity index (χ1) is 18.1. The zero-order chi connectivity index (χ0) is 28.0. The predicted molar refractivity (Wildman–Crippen MR) is 128 cm³/mol. The minimum atomic E-state index is -1.30. The van der Waals surface area contributed by atoms with E-state index in [1.807, 2.05) is 0 Å². The van der Waals surface area contributed by atoms with Crippen LogP contribution in [0.25, 0.3) is 0 Å². The van der Waals surface area contributed by atoms with E-state index in [-0.39, 0.29) is 48.6 Å². The highest BCUT2D eigenvalue weighted by molar-refractivity contribution is 6.00. The van der Waals surface area contributed by atoms with Gasteiger partial charge in [0.1, 0.15) is 18.4 Å². The molecule has 14 heteroatoms. The second-order valence-electron chi connectivity index (χ2n) is 8.69. The van der Waals surface area contributed by atoms with Crippen molar-refractivity contribution in [1.29, 1.82) is 0 Å². The largest absolute Gasteiger partial charge is 0.493 e. The van der Waals surface area contributed by atoms with Gasteiger partial charge in [-0.15, -0.1) is 0 Å². The van der Waals surface area contributed by atoms with E-state index in [2.05, 4.69) is 10.6 Å². The molecule has 38 heavy (non-hydrogen) atoms. The van der Waals surface area contributed by atoms with Gasteiger partial charge in [-0.2, -0.15) is 0 Å². The van der Waals surface area contributed by atoms with Crippen LogP contribution in [0.4, 0.5) is 0 Å². The number of hydrazine groups is 1. The molecule has 2 saturated heterocycles. The van der Waals surface area contributed by atoms with Crippen LogP contribution in [0.3, 0.4) is 0 Å². The molecule has 0 aromatic heterocycles. The van der Waals surface area contributed by atoms with Crippen molar-refractivity contribution in [2.75, 3.05) is 27.9 Å². The fourth-order valence-electron chi connectivity index (χ4n) is 4.46. The Kier molecular flexibility index (Phi) is 9.10. The molecule has 0 unspecified atom stereocenters. The molecule has 0 saturated carbocycles. The molecule has 1 aromatic carbocycles. The number of carboxylic acids is 1. The van der Waals surface area contributed by atoms with Gasteiger partial charge in [0.2, 0.25) is 17.6 Å². The van der Waals surface area contributed by atoms with Gasteiger partial charge in [0.15, 0.2) is 11.5 Å². The Morgan fingerprint density at radius 1 is 1.11 bits per heavy atom. The molecule has 2 aliphatic rings. The molecule has 1 aromatic rings. The third-order valence-corrected chi connectivity index (χ3v) is 6.28. The third-order valence-electron chi connectivity index (χ3n) is 6.28. The number of carbonyl (C=O) groups excluding carboxylic acids is 5. The number of rotatable bonds is 10. The van der Waals surface area contributed by atoms with Crippen molar-refractivity contribution in [3.8, 4) is 17.2 Å². The first kappa shape index (κ1) is 28.2. The van der Waals surface area contributed by atoms with Gasteiger partial charge in [-0.25, -0.2) is 5.01 Å². The molecule has 2 fully saturated rings. The summed E-state index contributed by atoms with van der Waals surface area (Å²) in [6.45, 7) is 0.189. The maximum atomic E-state index is 13.6. The maximum Gasteiger partial charge on any atom is 0.305 e. The normalized spacial score (nSPS) is 20.0. The lowest BCUT2D eigenvalue weighted by Crippen LogP contribution is -2.64. The number of methoxy groups -OCH3 is 3. The quantitative estimate of drug-likeness (QED) is 0.331. The van der Waals surface area contributed by atoms with Gasteiger partial charge >= 0.3 is 5.97 Å². The van der Waals surface area contributed by atoms with Gasteiger partial charge in [-0.1, -0.05) is 0 Å². The number of aldehydes is 1. The summed E-state index contributed by atoms with van der Waals surface area (Å²) in [5.41, 5.74) is 0.107. The Bertz CT molecular complexity index is 1100. The SMILES string of the molecule is COc1cc(C(=O)N[C@H]2CCC(=O)N3CCC[C@@H](C(=O)N[C@H](C=O)CC(=O)O)N3C2=O)cc(OC)c1OC. The molecule has 0 bridgehead atoms. The number of aliphatic carboxylic acids is 1. The lowest BCUT2D eigenvalue weighted by Gasteiger charge is -2.43. The van der Waals surface area contributed by atoms with Crippen LogP contribution < -0.4 is 24.8 Å². The van der Waals surface area contributed by atoms with E-state index in [0.717, 1.165) is 5.01 Å². The van der Waals surface area contributed by atoms with E-state index in [1.54, 1.807) is 0 Å². The molecular weight excluding hydrogens is 504 g/mol. The number of nitrogens with zero attached hydrogens (tertiary/aromatic N) is 2. The van der Waals surface area contributed by atoms with Crippen molar-refractivity contribution in [3.63, 3.8) is 0 Å². The van der Waals surface area contributed by atoms with E-state index < -0.39 is 54.1 Å². The van der Waals surface area contributed by atoms with Crippen LogP contribution in [0.15, 0.2) is 12.1 Å². The summed E-state index contributed by atoms with van der Waals surface area (Å²) in [6, 6.07) is -0.799. The summed E-state index contributed by atoms with van der Waals surface area (Å²) in [6.07, 6.45) is 0.167. The summed E-state index contributed by atoms with van der Waals surface area (Å²) < 4.78 is 15.8. The van der Waals surface area contributed by atoms with Crippen LogP contribution in [0.1, 0.15) is 42.5 Å². The summed E-state index contributed by atoms with van der Waals surface area (Å²) in [7, 11) is 4.19. The van der Waals surface area contributed by atoms with Crippen molar-refractivity contribution in [2.24, 2.45) is 0 Å². The minimum absolute atomic E-state index is 0.00878. The molecule has 4 amide bonds. The standard InChI is InChI=1S/C24H30N4O10/c1-36-17-9-13(10-18(37-2)21(17)38-3)22(33)26-15-6-7-19(30)27-8-4-5-16(28(27)24(15)35)23(34)25-14(12-29)11-20(31)32/h9-10,12,14-16H,4-8,11H2,1-3H3,(H,25,34)(H,26,33)(H,31,32)/t14-,15-,16-/m0/s1. The molecule has 0 spiro atoms. The van der Waals surface area contributed by atoms with Crippen LogP contribution in [0.5, 0.6) is 17.2 Å². The number of fused-ring (bicyclic) bond motifs is 1. The van der Waals surface area contributed by atoms with Gasteiger partial charge in [-0.3, -0.25) is 29.0 Å². The average molecular weight is 535 g/mol. The smallest absolute Gasteiger partial charge is 0.305 e. The second kappa shape index (κ2) is 12.3. The molecule has 3 N–H and O–H groups in total. The highest BCUT2D eigenvalue weighted by Gasteiger charge is 2.45. The zero-order valence-electron chi connectivity index (χ0n) is 21.2. The summed E-state index contributed by atoms with van der Waals surface area (Å²) in [5, 5.41) is 16.1. The lowest BCUT2D eigenvalue weighted by atomic mass is 10.0. The molecule has 14 nitrogen and oxygen atoms in total. The fourth-order valence-corrected chi connectivity index (χ4v) is 4.46. The number of benzene rings is 1. The number of hydrogen-bond acceptors (Lipinski definition) is 9. The Morgan fingerprint density at radius 2 is 1.76 bits per heavy atom. The first-order valence-corrected chi connectivity index (χ1v) is 11.9. The monoisotopic (exact) mass is 534 g/mol. The first-order valence-electron chi connectivity index (χ1n) is 11.9. The van der Waals surface area contributed by atoms with Gasteiger partial charge < -0.3 is 34.7 Å². The van der Waals surface area contributed by atoms with Crippen LogP contribution in [0, 0.1) is 0 Å². The number of carbonyl (C=O) groups is 6. The third kappa shape index (κ3) is 5.95. The van der Waals surface area contributed by atoms with Crippen molar-refractivity contribution in [3.05, 3.63) is 17.7 Å². The Hall–Kier alpha value is -4.36. The highest BCUT2D eigenvalue weighted by atomic mass is 16.5. The van der Waals surface area contributed by atoms with Gasteiger partial charge in [-0.05, 0) is 31.4 Å².